The summed E-state index contributed by atoms with van der Waals surface area (Å²) in [7, 11) is 0. The van der Waals surface area contributed by atoms with Gasteiger partial charge in [0, 0.05) is 11.8 Å². The van der Waals surface area contributed by atoms with E-state index in [1.807, 2.05) is 45.0 Å². The van der Waals surface area contributed by atoms with Crippen molar-refractivity contribution in [3.05, 3.63) is 81.3 Å². The Morgan fingerprint density at radius 2 is 1.71 bits per heavy atom. The molecule has 3 rings (SSSR count). The van der Waals surface area contributed by atoms with Gasteiger partial charge >= 0.3 is 0 Å². The molecular formula is C22H23N3O3. The molecule has 0 aliphatic carbocycles. The minimum atomic E-state index is -0.561. The maximum absolute atomic E-state index is 12.9. The molecule has 1 heterocycles. The SMILES string of the molecule is CCc1cccc(CC)c1NC(=O)c1nn(-c2cccc(C)c2)c(=O)cc1O. The third-order valence-electron chi connectivity index (χ3n) is 4.61. The lowest BCUT2D eigenvalue weighted by Gasteiger charge is -2.15. The van der Waals surface area contributed by atoms with Crippen LogP contribution in [0.25, 0.3) is 5.69 Å². The second kappa shape index (κ2) is 8.08. The number of anilines is 1. The molecule has 28 heavy (non-hydrogen) atoms. The summed E-state index contributed by atoms with van der Waals surface area (Å²) in [5.74, 6) is -1.01. The first-order valence-electron chi connectivity index (χ1n) is 9.27. The number of benzene rings is 2. The Kier molecular flexibility index (Phi) is 5.59. The minimum absolute atomic E-state index is 0.200. The minimum Gasteiger partial charge on any atom is -0.505 e. The van der Waals surface area contributed by atoms with E-state index in [4.69, 9.17) is 0 Å². The quantitative estimate of drug-likeness (QED) is 0.711. The van der Waals surface area contributed by atoms with Gasteiger partial charge in [0.15, 0.2) is 11.4 Å². The van der Waals surface area contributed by atoms with Gasteiger partial charge in [0.25, 0.3) is 11.5 Å². The largest absolute Gasteiger partial charge is 0.505 e. The van der Waals surface area contributed by atoms with Crippen molar-refractivity contribution in [2.45, 2.75) is 33.6 Å². The van der Waals surface area contributed by atoms with E-state index in [1.54, 1.807) is 18.2 Å². The number of hydrogen-bond acceptors (Lipinski definition) is 4. The van der Waals surface area contributed by atoms with Crippen molar-refractivity contribution in [3.63, 3.8) is 0 Å². The molecule has 0 atom stereocenters. The average molecular weight is 377 g/mol. The molecule has 0 radical (unpaired) electrons. The van der Waals surface area contributed by atoms with Crippen molar-refractivity contribution in [2.24, 2.45) is 0 Å². The summed E-state index contributed by atoms with van der Waals surface area (Å²) in [6, 6.07) is 14.1. The number of amides is 1. The highest BCUT2D eigenvalue weighted by atomic mass is 16.3. The molecule has 6 heteroatoms. The third kappa shape index (κ3) is 3.81. The number of aryl methyl sites for hydroxylation is 3. The molecule has 0 bridgehead atoms. The van der Waals surface area contributed by atoms with Crippen LogP contribution in [0.5, 0.6) is 5.75 Å². The third-order valence-corrected chi connectivity index (χ3v) is 4.61. The molecular weight excluding hydrogens is 354 g/mol. The summed E-state index contributed by atoms with van der Waals surface area (Å²) in [4.78, 5) is 25.2. The van der Waals surface area contributed by atoms with E-state index in [0.717, 1.165) is 46.0 Å². The summed E-state index contributed by atoms with van der Waals surface area (Å²) in [6.07, 6.45) is 1.51. The fraction of sp³-hybridized carbons (Fsp3) is 0.227. The molecule has 144 valence electrons. The first-order valence-corrected chi connectivity index (χ1v) is 9.27. The second-order valence-electron chi connectivity index (χ2n) is 6.58. The summed E-state index contributed by atoms with van der Waals surface area (Å²) < 4.78 is 1.12. The zero-order valence-electron chi connectivity index (χ0n) is 16.2. The number of hydrogen-bond donors (Lipinski definition) is 2. The molecule has 0 aliphatic rings. The van der Waals surface area contributed by atoms with E-state index in [0.29, 0.717) is 5.69 Å². The normalized spacial score (nSPS) is 10.7. The monoisotopic (exact) mass is 377 g/mol. The predicted octanol–water partition coefficient (Wildman–Crippen LogP) is 3.62. The summed E-state index contributed by atoms with van der Waals surface area (Å²) >= 11 is 0. The van der Waals surface area contributed by atoms with Crippen LogP contribution >= 0.6 is 0 Å². The Balaban J connectivity index is 2.04. The van der Waals surface area contributed by atoms with Crippen LogP contribution < -0.4 is 10.9 Å². The number of aromatic hydroxyl groups is 1. The zero-order chi connectivity index (χ0) is 20.3. The van der Waals surface area contributed by atoms with Crippen molar-refractivity contribution in [1.82, 2.24) is 9.78 Å². The Hall–Kier alpha value is -3.41. The zero-order valence-corrected chi connectivity index (χ0v) is 16.2. The van der Waals surface area contributed by atoms with E-state index < -0.39 is 17.2 Å². The Morgan fingerprint density at radius 1 is 1.07 bits per heavy atom. The number of carbonyl (C=O) groups is 1. The van der Waals surface area contributed by atoms with E-state index in [1.165, 1.54) is 0 Å². The van der Waals surface area contributed by atoms with Gasteiger partial charge in [-0.2, -0.15) is 9.78 Å². The van der Waals surface area contributed by atoms with Crippen LogP contribution in [0.1, 0.15) is 41.0 Å². The van der Waals surface area contributed by atoms with Gasteiger partial charge in [-0.05, 0) is 48.6 Å². The topological polar surface area (TPSA) is 84.2 Å². The van der Waals surface area contributed by atoms with Crippen molar-refractivity contribution >= 4 is 11.6 Å². The molecule has 2 aromatic carbocycles. The van der Waals surface area contributed by atoms with Crippen molar-refractivity contribution in [1.29, 1.82) is 0 Å². The van der Waals surface area contributed by atoms with Gasteiger partial charge in [0.05, 0.1) is 5.69 Å². The maximum atomic E-state index is 12.9. The molecule has 2 N–H and O–H groups in total. The van der Waals surface area contributed by atoms with Gasteiger partial charge in [-0.25, -0.2) is 0 Å². The van der Waals surface area contributed by atoms with Crippen molar-refractivity contribution in [2.75, 3.05) is 5.32 Å². The van der Waals surface area contributed by atoms with E-state index >= 15 is 0 Å². The molecule has 1 amide bonds. The van der Waals surface area contributed by atoms with Gasteiger partial charge in [0.2, 0.25) is 0 Å². The Labute approximate surface area is 163 Å². The van der Waals surface area contributed by atoms with E-state index in [2.05, 4.69) is 10.4 Å². The van der Waals surface area contributed by atoms with Gasteiger partial charge in [-0.3, -0.25) is 9.59 Å². The fourth-order valence-corrected chi connectivity index (χ4v) is 3.13. The molecule has 0 fully saturated rings. The van der Waals surface area contributed by atoms with Crippen LogP contribution in [0.2, 0.25) is 0 Å². The Morgan fingerprint density at radius 3 is 2.32 bits per heavy atom. The summed E-state index contributed by atoms with van der Waals surface area (Å²) in [5.41, 5.74) is 3.50. The summed E-state index contributed by atoms with van der Waals surface area (Å²) in [5, 5.41) is 17.2. The number of nitrogens with zero attached hydrogens (tertiary/aromatic N) is 2. The molecule has 3 aromatic rings. The van der Waals surface area contributed by atoms with E-state index in [-0.39, 0.29) is 5.69 Å². The van der Waals surface area contributed by atoms with Gasteiger partial charge < -0.3 is 10.4 Å². The highest BCUT2D eigenvalue weighted by Gasteiger charge is 2.19. The molecule has 1 aromatic heterocycles. The second-order valence-corrected chi connectivity index (χ2v) is 6.58. The lowest BCUT2D eigenvalue weighted by Crippen LogP contribution is -2.25. The van der Waals surface area contributed by atoms with Crippen molar-refractivity contribution in [3.8, 4) is 11.4 Å². The predicted molar refractivity (Wildman–Crippen MR) is 109 cm³/mol. The number of nitrogens with one attached hydrogen (secondary N) is 1. The lowest BCUT2D eigenvalue weighted by atomic mass is 10.0. The molecule has 0 saturated heterocycles. The Bertz CT molecular complexity index is 1060. The lowest BCUT2D eigenvalue weighted by molar-refractivity contribution is 0.101. The van der Waals surface area contributed by atoms with Crippen LogP contribution in [-0.4, -0.2) is 20.8 Å². The number of para-hydroxylation sites is 1. The highest BCUT2D eigenvalue weighted by Crippen LogP contribution is 2.24. The first-order chi connectivity index (χ1) is 13.4. The van der Waals surface area contributed by atoms with Crippen molar-refractivity contribution < 1.29 is 9.90 Å². The molecule has 0 saturated carbocycles. The number of aromatic nitrogens is 2. The smallest absolute Gasteiger partial charge is 0.280 e. The standard InChI is InChI=1S/C22H23N3O3/c1-4-15-9-7-10-16(5-2)20(15)23-22(28)21-18(26)13-19(27)25(24-21)17-11-6-8-14(3)12-17/h6-13,26H,4-5H2,1-3H3,(H,23,28). The number of rotatable bonds is 5. The van der Waals surface area contributed by atoms with Gasteiger partial charge in [-0.1, -0.05) is 44.2 Å². The molecule has 6 nitrogen and oxygen atoms in total. The van der Waals surface area contributed by atoms with Gasteiger partial charge in [-0.15, -0.1) is 0 Å². The van der Waals surface area contributed by atoms with Crippen LogP contribution in [0.15, 0.2) is 53.3 Å². The van der Waals surface area contributed by atoms with Crippen LogP contribution in [0.3, 0.4) is 0 Å². The number of carbonyl (C=O) groups excluding carboxylic acids is 1. The molecule has 0 spiro atoms. The van der Waals surface area contributed by atoms with E-state index in [9.17, 15) is 14.7 Å². The maximum Gasteiger partial charge on any atom is 0.280 e. The fourth-order valence-electron chi connectivity index (χ4n) is 3.13. The highest BCUT2D eigenvalue weighted by molar-refractivity contribution is 6.05. The van der Waals surface area contributed by atoms with Crippen LogP contribution in [0, 0.1) is 6.92 Å². The molecule has 0 unspecified atom stereocenters. The average Bonchev–Trinajstić information content (AvgIpc) is 2.68. The van der Waals surface area contributed by atoms with Gasteiger partial charge in [0.1, 0.15) is 0 Å². The first kappa shape index (κ1) is 19.4. The van der Waals surface area contributed by atoms with Crippen LogP contribution in [-0.2, 0) is 12.8 Å². The molecule has 0 aliphatic heterocycles. The van der Waals surface area contributed by atoms with Crippen LogP contribution in [0.4, 0.5) is 5.69 Å². The summed E-state index contributed by atoms with van der Waals surface area (Å²) in [6.45, 7) is 5.92.